The highest BCUT2D eigenvalue weighted by molar-refractivity contribution is 7.99. The van der Waals surface area contributed by atoms with Crippen LogP contribution in [-0.4, -0.2) is 65.6 Å². The predicted molar refractivity (Wildman–Crippen MR) is 125 cm³/mol. The molecule has 2 aromatic heterocycles. The average molecular weight is 483 g/mol. The van der Waals surface area contributed by atoms with Crippen LogP contribution in [-0.2, 0) is 17.8 Å². The van der Waals surface area contributed by atoms with Gasteiger partial charge in [-0.1, -0.05) is 30.0 Å². The number of aromatic nitrogens is 5. The number of rotatable bonds is 8. The molecule has 0 unspecified atom stereocenters. The summed E-state index contributed by atoms with van der Waals surface area (Å²) in [4.78, 5) is 29.6. The van der Waals surface area contributed by atoms with E-state index in [-0.39, 0.29) is 24.3 Å². The van der Waals surface area contributed by atoms with Gasteiger partial charge in [-0.3, -0.25) is 9.78 Å². The van der Waals surface area contributed by atoms with Gasteiger partial charge in [0.2, 0.25) is 5.16 Å². The van der Waals surface area contributed by atoms with E-state index < -0.39 is 5.97 Å². The van der Waals surface area contributed by atoms with Crippen molar-refractivity contribution in [2.75, 3.05) is 13.1 Å². The van der Waals surface area contributed by atoms with E-state index in [1.807, 2.05) is 49.4 Å². The zero-order valence-corrected chi connectivity index (χ0v) is 19.6. The second-order valence-corrected chi connectivity index (χ2v) is 9.36. The van der Waals surface area contributed by atoms with Gasteiger partial charge in [-0.2, -0.15) is 0 Å². The van der Waals surface area contributed by atoms with Crippen LogP contribution in [0.1, 0.15) is 36.2 Å². The Morgan fingerprint density at radius 2 is 1.91 bits per heavy atom. The molecular formula is C23H26N6O4S. The molecule has 1 saturated heterocycles. The standard InChI is InChI=1S/C23H26N6O4S/c1-16-3-2-4-18(24-16)15-17-5-7-19(8-6-17)33-23(32)28-12-9-20(10-13-28)34-22-25-26-27-29(22)14-11-21(30)31/h2-8,20H,9-15H2,1H3,(H,30,31). The predicted octanol–water partition coefficient (Wildman–Crippen LogP) is 3.20. The van der Waals surface area contributed by atoms with Crippen LogP contribution in [0.5, 0.6) is 5.75 Å². The molecule has 1 fully saturated rings. The maximum Gasteiger partial charge on any atom is 0.415 e. The molecule has 0 bridgehead atoms. The van der Waals surface area contributed by atoms with E-state index in [4.69, 9.17) is 9.84 Å². The number of thioether (sulfide) groups is 1. The van der Waals surface area contributed by atoms with Crippen LogP contribution in [0.25, 0.3) is 0 Å². The van der Waals surface area contributed by atoms with Gasteiger partial charge in [0.15, 0.2) is 0 Å². The molecule has 0 saturated carbocycles. The van der Waals surface area contributed by atoms with Crippen molar-refractivity contribution in [3.05, 3.63) is 59.4 Å². The van der Waals surface area contributed by atoms with Crippen LogP contribution in [0.2, 0.25) is 0 Å². The highest BCUT2D eigenvalue weighted by atomic mass is 32.2. The number of carbonyl (C=O) groups is 2. The number of hydrogen-bond acceptors (Lipinski definition) is 8. The Bertz CT molecular complexity index is 1130. The molecule has 4 rings (SSSR count). The van der Waals surface area contributed by atoms with E-state index in [1.165, 1.54) is 16.4 Å². The molecule has 1 aromatic carbocycles. The van der Waals surface area contributed by atoms with Crippen molar-refractivity contribution in [3.8, 4) is 5.75 Å². The number of amides is 1. The number of aryl methyl sites for hydroxylation is 2. The molecule has 1 aliphatic rings. The molecule has 1 N–H and O–H groups in total. The number of piperidine rings is 1. The summed E-state index contributed by atoms with van der Waals surface area (Å²) >= 11 is 1.52. The van der Waals surface area contributed by atoms with Crippen LogP contribution < -0.4 is 4.74 Å². The summed E-state index contributed by atoms with van der Waals surface area (Å²) in [6, 6.07) is 13.5. The van der Waals surface area contributed by atoms with Crippen molar-refractivity contribution in [2.24, 2.45) is 0 Å². The zero-order valence-electron chi connectivity index (χ0n) is 18.8. The van der Waals surface area contributed by atoms with E-state index in [1.54, 1.807) is 4.90 Å². The number of carbonyl (C=O) groups excluding carboxylic acids is 1. The molecular weight excluding hydrogens is 456 g/mol. The van der Waals surface area contributed by atoms with Gasteiger partial charge in [0.1, 0.15) is 5.75 Å². The number of pyridine rings is 1. The summed E-state index contributed by atoms with van der Waals surface area (Å²) < 4.78 is 7.08. The number of aliphatic carboxylic acids is 1. The monoisotopic (exact) mass is 482 g/mol. The third kappa shape index (κ3) is 6.53. The fourth-order valence-corrected chi connectivity index (χ4v) is 4.75. The number of benzene rings is 1. The lowest BCUT2D eigenvalue weighted by Crippen LogP contribution is -2.41. The quantitative estimate of drug-likeness (QED) is 0.515. The first-order valence-electron chi connectivity index (χ1n) is 11.1. The van der Waals surface area contributed by atoms with Crippen LogP contribution in [0.3, 0.4) is 0 Å². The Labute approximate surface area is 201 Å². The Morgan fingerprint density at radius 3 is 2.62 bits per heavy atom. The Hall–Kier alpha value is -3.47. The van der Waals surface area contributed by atoms with Crippen molar-refractivity contribution in [3.63, 3.8) is 0 Å². The normalized spacial score (nSPS) is 14.2. The minimum Gasteiger partial charge on any atom is -0.481 e. The van der Waals surface area contributed by atoms with Crippen LogP contribution >= 0.6 is 11.8 Å². The lowest BCUT2D eigenvalue weighted by molar-refractivity contribution is -0.137. The number of hydrogen-bond donors (Lipinski definition) is 1. The third-order valence-electron chi connectivity index (χ3n) is 5.47. The van der Waals surface area contributed by atoms with Gasteiger partial charge in [-0.15, -0.1) is 5.10 Å². The summed E-state index contributed by atoms with van der Waals surface area (Å²) in [5, 5.41) is 21.2. The number of ether oxygens (including phenoxy) is 1. The lowest BCUT2D eigenvalue weighted by Gasteiger charge is -2.30. The maximum atomic E-state index is 12.6. The summed E-state index contributed by atoms with van der Waals surface area (Å²) in [6.07, 6.45) is 1.87. The minimum atomic E-state index is -0.892. The summed E-state index contributed by atoms with van der Waals surface area (Å²) in [7, 11) is 0. The molecule has 1 amide bonds. The summed E-state index contributed by atoms with van der Waals surface area (Å²) in [5.41, 5.74) is 3.09. The zero-order chi connectivity index (χ0) is 23.9. The van der Waals surface area contributed by atoms with Crippen molar-refractivity contribution in [1.82, 2.24) is 30.1 Å². The lowest BCUT2D eigenvalue weighted by atomic mass is 10.1. The van der Waals surface area contributed by atoms with Crippen molar-refractivity contribution >= 4 is 23.8 Å². The summed E-state index contributed by atoms with van der Waals surface area (Å²) in [6.45, 7) is 3.35. The molecule has 3 heterocycles. The third-order valence-corrected chi connectivity index (χ3v) is 6.78. The molecule has 10 nitrogen and oxygen atoms in total. The van der Waals surface area contributed by atoms with Gasteiger partial charge in [0.25, 0.3) is 0 Å². The van der Waals surface area contributed by atoms with Crippen LogP contribution in [0.15, 0.2) is 47.6 Å². The Balaban J connectivity index is 1.24. The molecule has 0 radical (unpaired) electrons. The van der Waals surface area contributed by atoms with Crippen molar-refractivity contribution < 1.29 is 19.4 Å². The molecule has 178 valence electrons. The number of likely N-dealkylation sites (tertiary alicyclic amines) is 1. The number of carboxylic acid groups (broad SMARTS) is 1. The van der Waals surface area contributed by atoms with Gasteiger partial charge < -0.3 is 14.7 Å². The second kappa shape index (κ2) is 11.1. The smallest absolute Gasteiger partial charge is 0.415 e. The molecule has 34 heavy (non-hydrogen) atoms. The van der Waals surface area contributed by atoms with E-state index in [2.05, 4.69) is 20.5 Å². The first-order chi connectivity index (χ1) is 16.5. The van der Waals surface area contributed by atoms with E-state index in [0.717, 1.165) is 36.2 Å². The molecule has 3 aromatic rings. The first kappa shape index (κ1) is 23.7. The fourth-order valence-electron chi connectivity index (χ4n) is 3.68. The average Bonchev–Trinajstić information content (AvgIpc) is 3.26. The van der Waals surface area contributed by atoms with Crippen LogP contribution in [0, 0.1) is 6.92 Å². The van der Waals surface area contributed by atoms with Crippen LogP contribution in [0.4, 0.5) is 4.79 Å². The molecule has 0 spiro atoms. The van der Waals surface area contributed by atoms with Gasteiger partial charge in [0.05, 0.1) is 13.0 Å². The van der Waals surface area contributed by atoms with Gasteiger partial charge in [-0.05, 0) is 60.0 Å². The number of tetrazole rings is 1. The van der Waals surface area contributed by atoms with E-state index in [0.29, 0.717) is 24.0 Å². The molecule has 0 atom stereocenters. The fraction of sp³-hybridized carbons (Fsp3) is 0.391. The molecule has 11 heteroatoms. The highest BCUT2D eigenvalue weighted by Crippen LogP contribution is 2.29. The second-order valence-electron chi connectivity index (χ2n) is 8.09. The van der Waals surface area contributed by atoms with Gasteiger partial charge in [-0.25, -0.2) is 9.48 Å². The molecule has 1 aliphatic heterocycles. The largest absolute Gasteiger partial charge is 0.481 e. The topological polar surface area (TPSA) is 123 Å². The minimum absolute atomic E-state index is 0.0350. The van der Waals surface area contributed by atoms with E-state index in [9.17, 15) is 9.59 Å². The number of nitrogens with zero attached hydrogens (tertiary/aromatic N) is 6. The highest BCUT2D eigenvalue weighted by Gasteiger charge is 2.26. The van der Waals surface area contributed by atoms with Crippen molar-refractivity contribution in [1.29, 1.82) is 0 Å². The van der Waals surface area contributed by atoms with Gasteiger partial charge >= 0.3 is 12.1 Å². The maximum absolute atomic E-state index is 12.6. The summed E-state index contributed by atoms with van der Waals surface area (Å²) in [5.74, 6) is -0.378. The van der Waals surface area contributed by atoms with Crippen molar-refractivity contribution in [2.45, 2.75) is 49.6 Å². The molecule has 0 aliphatic carbocycles. The Kier molecular flexibility index (Phi) is 7.73. The first-order valence-corrected chi connectivity index (χ1v) is 12.0. The SMILES string of the molecule is Cc1cccc(Cc2ccc(OC(=O)N3CCC(Sc4nnnn4CCC(=O)O)CC3)cc2)n1. The Morgan fingerprint density at radius 1 is 1.15 bits per heavy atom. The van der Waals surface area contributed by atoms with Gasteiger partial charge in [0, 0.05) is 36.1 Å². The van der Waals surface area contributed by atoms with E-state index >= 15 is 0 Å². The number of carboxylic acids is 1.